The van der Waals surface area contributed by atoms with Crippen LogP contribution in [0.4, 0.5) is 0 Å². The number of aromatic nitrogens is 2. The molecule has 2 saturated carbocycles. The summed E-state index contributed by atoms with van der Waals surface area (Å²) in [6.07, 6.45) is 4.86. The minimum Gasteiger partial charge on any atom is -0.393 e. The zero-order valence-corrected chi connectivity index (χ0v) is 16.6. The highest BCUT2D eigenvalue weighted by molar-refractivity contribution is 5.98. The van der Waals surface area contributed by atoms with Gasteiger partial charge in [-0.1, -0.05) is 12.1 Å². The predicted molar refractivity (Wildman–Crippen MR) is 107 cm³/mol. The van der Waals surface area contributed by atoms with Crippen LogP contribution in [0.25, 0.3) is 11.3 Å². The third kappa shape index (κ3) is 3.62. The molecule has 0 amide bonds. The smallest absolute Gasteiger partial charge is 0.181 e. The van der Waals surface area contributed by atoms with Crippen LogP contribution in [-0.2, 0) is 0 Å². The first kappa shape index (κ1) is 18.9. The quantitative estimate of drug-likeness (QED) is 0.745. The van der Waals surface area contributed by atoms with E-state index in [4.69, 9.17) is 10.4 Å². The maximum absolute atomic E-state index is 13.3. The molecule has 2 aromatic rings. The second-order valence-corrected chi connectivity index (χ2v) is 8.57. The van der Waals surface area contributed by atoms with E-state index >= 15 is 0 Å². The summed E-state index contributed by atoms with van der Waals surface area (Å²) in [5.74, 6) is 0.816. The summed E-state index contributed by atoms with van der Waals surface area (Å²) in [6.45, 7) is 4.12. The molecule has 0 bridgehead atoms. The Morgan fingerprint density at radius 2 is 1.96 bits per heavy atom. The van der Waals surface area contributed by atoms with Crippen LogP contribution < -0.4 is 0 Å². The molecule has 2 fully saturated rings. The number of hydrogen-bond acceptors (Lipinski definition) is 4. The van der Waals surface area contributed by atoms with Crippen molar-refractivity contribution in [1.82, 2.24) is 9.78 Å². The van der Waals surface area contributed by atoms with Crippen LogP contribution in [0, 0.1) is 17.2 Å². The topological polar surface area (TPSA) is 78.9 Å². The van der Waals surface area contributed by atoms with Crippen molar-refractivity contribution in [3.05, 3.63) is 41.1 Å². The second kappa shape index (κ2) is 7.52. The lowest BCUT2D eigenvalue weighted by atomic mass is 9.94. The van der Waals surface area contributed by atoms with E-state index in [1.54, 1.807) is 0 Å². The average molecular weight is 377 g/mol. The van der Waals surface area contributed by atoms with E-state index in [0.717, 1.165) is 54.6 Å². The summed E-state index contributed by atoms with van der Waals surface area (Å²) in [5.41, 5.74) is 4.32. The van der Waals surface area contributed by atoms with Gasteiger partial charge in [0.2, 0.25) is 0 Å². The van der Waals surface area contributed by atoms with Crippen molar-refractivity contribution in [3.63, 3.8) is 0 Å². The number of Topliss-reactive ketones (excluding diaryl/α,β-unsaturated/α-hetero) is 1. The van der Waals surface area contributed by atoms with Crippen molar-refractivity contribution in [1.29, 1.82) is 5.26 Å². The lowest BCUT2D eigenvalue weighted by Gasteiger charge is -2.14. The zero-order valence-electron chi connectivity index (χ0n) is 16.6. The van der Waals surface area contributed by atoms with Crippen LogP contribution >= 0.6 is 0 Å². The Labute approximate surface area is 166 Å². The molecular formula is C23H27N3O2. The largest absolute Gasteiger partial charge is 0.393 e. The van der Waals surface area contributed by atoms with Crippen molar-refractivity contribution in [3.8, 4) is 17.3 Å². The van der Waals surface area contributed by atoms with Crippen molar-refractivity contribution >= 4 is 5.78 Å². The molecular weight excluding hydrogens is 350 g/mol. The number of aliphatic hydroxyl groups excluding tert-OH is 1. The fourth-order valence-corrected chi connectivity index (χ4v) is 4.37. The number of benzene rings is 1. The molecule has 2 atom stereocenters. The Balaban J connectivity index is 1.75. The number of carbonyl (C=O) groups excluding carboxylic acids is 1. The molecule has 1 aromatic heterocycles. The predicted octanol–water partition coefficient (Wildman–Crippen LogP) is 4.61. The van der Waals surface area contributed by atoms with Crippen LogP contribution in [0.1, 0.15) is 85.9 Å². The first-order valence-electron chi connectivity index (χ1n) is 10.3. The molecule has 0 unspecified atom stereocenters. The van der Waals surface area contributed by atoms with Gasteiger partial charge >= 0.3 is 0 Å². The van der Waals surface area contributed by atoms with E-state index in [1.165, 1.54) is 0 Å². The molecule has 1 N–H and O–H groups in total. The van der Waals surface area contributed by atoms with Crippen molar-refractivity contribution in [2.45, 2.75) is 70.4 Å². The molecule has 146 valence electrons. The monoisotopic (exact) mass is 377 g/mol. The summed E-state index contributed by atoms with van der Waals surface area (Å²) >= 11 is 0. The van der Waals surface area contributed by atoms with Crippen molar-refractivity contribution in [2.75, 3.05) is 0 Å². The van der Waals surface area contributed by atoms with Gasteiger partial charge in [-0.15, -0.1) is 0 Å². The van der Waals surface area contributed by atoms with Gasteiger partial charge in [0, 0.05) is 23.6 Å². The van der Waals surface area contributed by atoms with Crippen molar-refractivity contribution < 1.29 is 9.90 Å². The minimum absolute atomic E-state index is 0.0951. The van der Waals surface area contributed by atoms with Gasteiger partial charge in [-0.05, 0) is 69.9 Å². The Bertz CT molecular complexity index is 917. The lowest BCUT2D eigenvalue weighted by Crippen LogP contribution is -2.16. The summed E-state index contributed by atoms with van der Waals surface area (Å²) < 4.78 is 1.90. The SMILES string of the molecule is CC(C)n1nc(-c2ccc(C#N)cc2)c(C2CC2)c1C(=O)C[C@@H]1CC[C@H](O)C1. The van der Waals surface area contributed by atoms with Crippen LogP contribution in [0.2, 0.25) is 0 Å². The van der Waals surface area contributed by atoms with Crippen LogP contribution in [0.15, 0.2) is 24.3 Å². The van der Waals surface area contributed by atoms with Gasteiger partial charge in [0.15, 0.2) is 5.78 Å². The fraction of sp³-hybridized carbons (Fsp3) is 0.522. The molecule has 0 aliphatic heterocycles. The second-order valence-electron chi connectivity index (χ2n) is 8.57. The van der Waals surface area contributed by atoms with Crippen molar-refractivity contribution in [2.24, 2.45) is 5.92 Å². The molecule has 28 heavy (non-hydrogen) atoms. The van der Waals surface area contributed by atoms with Gasteiger partial charge in [-0.2, -0.15) is 10.4 Å². The van der Waals surface area contributed by atoms with Crippen LogP contribution in [0.5, 0.6) is 0 Å². The minimum atomic E-state index is -0.259. The fourth-order valence-electron chi connectivity index (χ4n) is 4.37. The molecule has 2 aliphatic carbocycles. The molecule has 5 nitrogen and oxygen atoms in total. The number of nitrogens with zero attached hydrogens (tertiary/aromatic N) is 3. The molecule has 2 aliphatic rings. The number of nitriles is 1. The molecule has 0 radical (unpaired) electrons. The Hall–Kier alpha value is -2.45. The van der Waals surface area contributed by atoms with Gasteiger partial charge in [-0.25, -0.2) is 0 Å². The Morgan fingerprint density at radius 1 is 1.25 bits per heavy atom. The summed E-state index contributed by atoms with van der Waals surface area (Å²) in [5, 5.41) is 23.8. The van der Waals surface area contributed by atoms with Gasteiger partial charge in [0.05, 0.1) is 23.4 Å². The number of carbonyl (C=O) groups is 1. The van der Waals surface area contributed by atoms with E-state index < -0.39 is 0 Å². The molecule has 0 saturated heterocycles. The van der Waals surface area contributed by atoms with Gasteiger partial charge in [0.25, 0.3) is 0 Å². The number of aliphatic hydroxyl groups is 1. The third-order valence-corrected chi connectivity index (χ3v) is 5.96. The first-order chi connectivity index (χ1) is 13.5. The maximum Gasteiger partial charge on any atom is 0.181 e. The summed E-state index contributed by atoms with van der Waals surface area (Å²) in [4.78, 5) is 13.3. The lowest BCUT2D eigenvalue weighted by molar-refractivity contribution is 0.0944. The Morgan fingerprint density at radius 3 is 2.50 bits per heavy atom. The normalized spacial score (nSPS) is 21.8. The third-order valence-electron chi connectivity index (χ3n) is 5.96. The number of hydrogen-bond donors (Lipinski definition) is 1. The van der Waals surface area contributed by atoms with E-state index in [-0.39, 0.29) is 23.8 Å². The molecule has 0 spiro atoms. The molecule has 5 heteroatoms. The molecule has 4 rings (SSSR count). The van der Waals surface area contributed by atoms with Crippen LogP contribution in [0.3, 0.4) is 0 Å². The van der Waals surface area contributed by atoms with Crippen LogP contribution in [-0.4, -0.2) is 26.8 Å². The number of rotatable bonds is 6. The highest BCUT2D eigenvalue weighted by Gasteiger charge is 2.37. The van der Waals surface area contributed by atoms with E-state index in [9.17, 15) is 9.90 Å². The molecule has 1 heterocycles. The summed E-state index contributed by atoms with van der Waals surface area (Å²) in [6, 6.07) is 9.72. The van der Waals surface area contributed by atoms with Gasteiger partial charge in [-0.3, -0.25) is 9.48 Å². The highest BCUT2D eigenvalue weighted by Crippen LogP contribution is 2.47. The molecule has 1 aromatic carbocycles. The van der Waals surface area contributed by atoms with E-state index in [1.807, 2.05) is 28.9 Å². The standard InChI is InChI=1S/C23H27N3O2/c1-14(2)26-23(20(28)12-16-5-10-19(27)11-16)21(17-8-9-17)22(25-26)18-6-3-15(13-24)4-7-18/h3-4,6-7,14,16-17,19,27H,5,8-12H2,1-2H3/t16-,19+/m1/s1. The first-order valence-corrected chi connectivity index (χ1v) is 10.3. The summed E-state index contributed by atoms with van der Waals surface area (Å²) in [7, 11) is 0. The highest BCUT2D eigenvalue weighted by atomic mass is 16.3. The van der Waals surface area contributed by atoms with E-state index in [0.29, 0.717) is 17.9 Å². The van der Waals surface area contributed by atoms with Gasteiger partial charge < -0.3 is 5.11 Å². The zero-order chi connectivity index (χ0) is 19.8. The Kier molecular flexibility index (Phi) is 5.07. The van der Waals surface area contributed by atoms with Gasteiger partial charge in [0.1, 0.15) is 5.69 Å². The van der Waals surface area contributed by atoms with E-state index in [2.05, 4.69) is 19.9 Å². The number of ketones is 1. The maximum atomic E-state index is 13.3. The average Bonchev–Trinajstić information content (AvgIpc) is 3.31.